The Morgan fingerprint density at radius 2 is 2.07 bits per heavy atom. The summed E-state index contributed by atoms with van der Waals surface area (Å²) in [4.78, 5) is 61.6. The van der Waals surface area contributed by atoms with E-state index in [0.717, 1.165) is 0 Å². The largest absolute Gasteiger partial charge is 0.472 e. The average Bonchev–Trinajstić information content (AvgIpc) is 3.75. The number of alkyl carbamates (subject to hydrolysis) is 1. The van der Waals surface area contributed by atoms with E-state index in [1.165, 1.54) is 30.2 Å². The third kappa shape index (κ3) is 4.63. The van der Waals surface area contributed by atoms with Crippen molar-refractivity contribution in [2.24, 2.45) is 29.1 Å². The number of methoxy groups -OCH3 is 2. The number of carbonyl (C=O) groups excluding carboxylic acids is 4. The molecule has 0 radical (unpaired) electrons. The summed E-state index contributed by atoms with van der Waals surface area (Å²) >= 11 is 0. The lowest BCUT2D eigenvalue weighted by Gasteiger charge is -2.39. The molecule has 2 saturated carbocycles. The molecule has 236 valence electrons. The Labute approximate surface area is 254 Å². The van der Waals surface area contributed by atoms with Crippen LogP contribution in [0.2, 0.25) is 0 Å². The van der Waals surface area contributed by atoms with Crippen molar-refractivity contribution in [3.63, 3.8) is 0 Å². The van der Waals surface area contributed by atoms with Gasteiger partial charge >= 0.3 is 6.09 Å². The maximum Gasteiger partial charge on any atom is 0.407 e. The first kappa shape index (κ1) is 30.1. The second-order valence-corrected chi connectivity index (χ2v) is 13.3. The number of alkyl halides is 1. The zero-order valence-corrected chi connectivity index (χ0v) is 25.1. The number of hydrogen-bond acceptors (Lipinski definition) is 9. The monoisotopic (exact) mass is 612 g/mol. The molecule has 4 heterocycles. The van der Waals surface area contributed by atoms with Gasteiger partial charge < -0.3 is 34.6 Å². The predicted molar refractivity (Wildman–Crippen MR) is 151 cm³/mol. The fourth-order valence-corrected chi connectivity index (χ4v) is 8.31. The summed E-state index contributed by atoms with van der Waals surface area (Å²) in [7, 11) is 2.67. The topological polar surface area (TPSA) is 163 Å². The Kier molecular flexibility index (Phi) is 7.42. The van der Waals surface area contributed by atoms with Crippen LogP contribution < -0.4 is 15.4 Å². The quantitative estimate of drug-likeness (QED) is 0.485. The summed E-state index contributed by atoms with van der Waals surface area (Å²) < 4.78 is 31.5. The average molecular weight is 613 g/mol. The number of halogens is 1. The van der Waals surface area contributed by atoms with Gasteiger partial charge in [-0.05, 0) is 48.6 Å². The molecule has 6 rings (SSSR count). The third-order valence-corrected chi connectivity index (χ3v) is 10.3. The van der Waals surface area contributed by atoms with E-state index in [1.54, 1.807) is 26.0 Å². The van der Waals surface area contributed by atoms with Crippen molar-refractivity contribution in [1.29, 1.82) is 5.26 Å². The van der Waals surface area contributed by atoms with Crippen LogP contribution in [0, 0.1) is 40.4 Å². The fraction of sp³-hybridized carbons (Fsp3) is 0.667. The molecule has 0 unspecified atom stereocenters. The van der Waals surface area contributed by atoms with E-state index in [0.29, 0.717) is 18.6 Å². The van der Waals surface area contributed by atoms with Crippen LogP contribution in [-0.2, 0) is 23.9 Å². The van der Waals surface area contributed by atoms with Crippen molar-refractivity contribution >= 4 is 29.6 Å². The highest BCUT2D eigenvalue weighted by molar-refractivity contribution is 6.01. The molecule has 0 aromatic carbocycles. The number of likely N-dealkylation sites (tertiary alicyclic amines) is 2. The van der Waals surface area contributed by atoms with Crippen LogP contribution in [0.15, 0.2) is 18.3 Å². The van der Waals surface area contributed by atoms with E-state index in [1.807, 2.05) is 0 Å². The summed E-state index contributed by atoms with van der Waals surface area (Å²) in [6, 6.07) is 2.18. The first-order valence-corrected chi connectivity index (χ1v) is 14.9. The standard InChI is InChI=1S/C30H37FN6O7/c1-29(2,14-42-3)23(34-28(41)43-4)26(39)36-12-18-15-8-17(19(31)9-15)21(18)22(36)25(38)37-13-30(10-16(37)11-32)27(40)35-24-20(44-30)6-5-7-33-24/h5-7,15-19,21-23H,8-10,12-14H2,1-4H3,(H,34,41)(H,33,35,40)/t15-,16-,17+,18+,19+,21-,22-,23+,30+/m0/s1. The fourth-order valence-electron chi connectivity index (χ4n) is 8.31. The van der Waals surface area contributed by atoms with E-state index in [9.17, 15) is 24.4 Å². The number of carbonyl (C=O) groups is 4. The van der Waals surface area contributed by atoms with Crippen LogP contribution in [0.25, 0.3) is 0 Å². The molecule has 2 bridgehead atoms. The first-order valence-electron chi connectivity index (χ1n) is 14.9. The van der Waals surface area contributed by atoms with Gasteiger partial charge in [-0.1, -0.05) is 13.8 Å². The number of aromatic nitrogens is 1. The molecule has 1 aromatic rings. The normalized spacial score (nSPS) is 34.1. The van der Waals surface area contributed by atoms with Crippen molar-refractivity contribution < 1.29 is 37.8 Å². The lowest BCUT2D eigenvalue weighted by atomic mass is 9.77. The van der Waals surface area contributed by atoms with Crippen LogP contribution >= 0.6 is 0 Å². The van der Waals surface area contributed by atoms with Crippen LogP contribution in [0.4, 0.5) is 15.0 Å². The molecule has 4 amide bonds. The summed E-state index contributed by atoms with van der Waals surface area (Å²) in [6.07, 6.45) is 0.503. The van der Waals surface area contributed by atoms with Crippen molar-refractivity contribution in [3.8, 4) is 11.8 Å². The number of ether oxygens (including phenoxy) is 3. The summed E-state index contributed by atoms with van der Waals surface area (Å²) in [6.45, 7) is 3.60. The van der Waals surface area contributed by atoms with Crippen molar-refractivity contribution in [3.05, 3.63) is 18.3 Å². The number of amides is 4. The number of nitrogens with zero attached hydrogens (tertiary/aromatic N) is 4. The van der Waals surface area contributed by atoms with Gasteiger partial charge in [0.25, 0.3) is 5.91 Å². The number of fused-ring (bicyclic) bond motifs is 6. The van der Waals surface area contributed by atoms with E-state index in [2.05, 4.69) is 21.7 Å². The van der Waals surface area contributed by atoms with Crippen molar-refractivity contribution in [1.82, 2.24) is 20.1 Å². The minimum Gasteiger partial charge on any atom is -0.472 e. The summed E-state index contributed by atoms with van der Waals surface area (Å²) in [5.74, 6) is -2.00. The molecular weight excluding hydrogens is 575 g/mol. The van der Waals surface area contributed by atoms with Gasteiger partial charge in [0.15, 0.2) is 11.6 Å². The SMILES string of the molecule is COCC(C)(C)[C@H](NC(=O)OC)C(=O)N1C[C@@H]2[C@H]3C[C@@H]([C@@H]2[C@H]1C(=O)N1C[C@@]2(C[C@H]1C#N)Oc1cccnc1NC2=O)[C@H](F)C3. The molecule has 5 aliphatic rings. The molecule has 9 atom stereocenters. The molecule has 14 heteroatoms. The summed E-state index contributed by atoms with van der Waals surface area (Å²) in [5, 5.41) is 15.5. The van der Waals surface area contributed by atoms with Crippen LogP contribution in [0.3, 0.4) is 0 Å². The Hall–Kier alpha value is -3.99. The highest BCUT2D eigenvalue weighted by atomic mass is 19.1. The number of pyridine rings is 1. The zero-order chi connectivity index (χ0) is 31.6. The third-order valence-electron chi connectivity index (χ3n) is 10.3. The molecule has 1 aromatic heterocycles. The molecule has 2 saturated heterocycles. The lowest BCUT2D eigenvalue weighted by Crippen LogP contribution is -2.61. The Bertz CT molecular complexity index is 1420. The molecule has 2 N–H and O–H groups in total. The van der Waals surface area contributed by atoms with Gasteiger partial charge in [-0.2, -0.15) is 5.26 Å². The molecule has 44 heavy (non-hydrogen) atoms. The predicted octanol–water partition coefficient (Wildman–Crippen LogP) is 1.49. The van der Waals surface area contributed by atoms with Crippen molar-refractivity contribution in [2.75, 3.05) is 39.2 Å². The van der Waals surface area contributed by atoms with E-state index >= 15 is 4.39 Å². The molecule has 13 nitrogen and oxygen atoms in total. The van der Waals surface area contributed by atoms with E-state index in [-0.39, 0.29) is 43.8 Å². The number of hydrogen-bond donors (Lipinski definition) is 2. The number of nitriles is 1. The van der Waals surface area contributed by atoms with Gasteiger partial charge in [0.1, 0.15) is 24.3 Å². The van der Waals surface area contributed by atoms with E-state index in [4.69, 9.17) is 14.2 Å². The number of nitrogens with one attached hydrogen (secondary N) is 2. The Balaban J connectivity index is 1.35. The number of rotatable bonds is 6. The smallest absolute Gasteiger partial charge is 0.407 e. The zero-order valence-electron chi connectivity index (χ0n) is 25.1. The minimum atomic E-state index is -1.54. The first-order chi connectivity index (χ1) is 20.9. The van der Waals surface area contributed by atoms with Crippen molar-refractivity contribution in [2.45, 2.75) is 63.0 Å². The maximum absolute atomic E-state index is 15.2. The van der Waals surface area contributed by atoms with Crippen LogP contribution in [0.5, 0.6) is 5.75 Å². The maximum atomic E-state index is 15.2. The van der Waals surface area contributed by atoms with Gasteiger partial charge in [0.2, 0.25) is 17.4 Å². The van der Waals surface area contributed by atoms with Gasteiger partial charge in [-0.15, -0.1) is 0 Å². The second kappa shape index (κ2) is 10.9. The molecule has 2 aliphatic carbocycles. The molecule has 3 aliphatic heterocycles. The Morgan fingerprint density at radius 1 is 1.30 bits per heavy atom. The number of anilines is 1. The van der Waals surface area contributed by atoms with Gasteiger partial charge in [0.05, 0.1) is 26.3 Å². The second-order valence-electron chi connectivity index (χ2n) is 13.3. The van der Waals surface area contributed by atoms with Crippen LogP contribution in [-0.4, -0.2) is 102 Å². The van der Waals surface area contributed by atoms with Crippen LogP contribution in [0.1, 0.15) is 33.1 Å². The highest BCUT2D eigenvalue weighted by Crippen LogP contribution is 2.59. The van der Waals surface area contributed by atoms with Gasteiger partial charge in [-0.3, -0.25) is 14.4 Å². The highest BCUT2D eigenvalue weighted by Gasteiger charge is 2.65. The lowest BCUT2D eigenvalue weighted by molar-refractivity contribution is -0.149. The molecular formula is C30H37FN6O7. The minimum absolute atomic E-state index is 0.0141. The van der Waals surface area contributed by atoms with Gasteiger partial charge in [0, 0.05) is 31.7 Å². The molecule has 4 fully saturated rings. The van der Waals surface area contributed by atoms with Gasteiger partial charge in [-0.25, -0.2) is 14.2 Å². The van der Waals surface area contributed by atoms with E-state index < -0.39 is 71.0 Å². The summed E-state index contributed by atoms with van der Waals surface area (Å²) in [5.41, 5.74) is -2.44. The Morgan fingerprint density at radius 3 is 2.77 bits per heavy atom. The molecule has 1 spiro atoms.